The van der Waals surface area contributed by atoms with Crippen LogP contribution in [0.1, 0.15) is 6.92 Å². The fourth-order valence-electron chi connectivity index (χ4n) is 0.0873. The number of hydrogen-bond donors (Lipinski definition) is 3. The predicted molar refractivity (Wildman–Crippen MR) is 34.1 cm³/mol. The van der Waals surface area contributed by atoms with Crippen LogP contribution in [0.15, 0.2) is 0 Å². The van der Waals surface area contributed by atoms with Gasteiger partial charge in [0, 0.05) is 6.54 Å². The maximum Gasteiger partial charge on any atom is 0.320 e. The van der Waals surface area contributed by atoms with E-state index in [1.807, 2.05) is 0 Å². The first-order valence-corrected chi connectivity index (χ1v) is 2.61. The van der Waals surface area contributed by atoms with Gasteiger partial charge in [0.25, 0.3) is 0 Å². The molecule has 0 bridgehead atoms. The van der Waals surface area contributed by atoms with E-state index >= 15 is 0 Å². The molecule has 0 aliphatic heterocycles. The summed E-state index contributed by atoms with van der Waals surface area (Å²) in [5.74, 6) is -0.983. The van der Waals surface area contributed by atoms with Crippen LogP contribution in [0.25, 0.3) is 0 Å². The largest absolute Gasteiger partial charge is 0.480 e. The Kier molecular flexibility index (Phi) is 2.30. The molecule has 0 aromatic heterocycles. The van der Waals surface area contributed by atoms with E-state index in [2.05, 4.69) is 12.6 Å². The van der Waals surface area contributed by atoms with Crippen LogP contribution in [0.2, 0.25) is 0 Å². The molecule has 0 aromatic carbocycles. The summed E-state index contributed by atoms with van der Waals surface area (Å²) in [5, 5.41) is 8.28. The zero-order valence-electron chi connectivity index (χ0n) is 4.59. The van der Waals surface area contributed by atoms with Crippen molar-refractivity contribution in [2.45, 2.75) is 11.7 Å². The lowest BCUT2D eigenvalue weighted by Crippen LogP contribution is -2.36. The van der Waals surface area contributed by atoms with Crippen LogP contribution in [0.4, 0.5) is 0 Å². The number of thiol groups is 1. The maximum absolute atomic E-state index is 10.1. The van der Waals surface area contributed by atoms with Gasteiger partial charge in [0.05, 0.1) is 0 Å². The Morgan fingerprint density at radius 1 is 2.00 bits per heavy atom. The van der Waals surface area contributed by atoms with E-state index in [-0.39, 0.29) is 6.54 Å². The number of aliphatic carboxylic acids is 1. The lowest BCUT2D eigenvalue weighted by Gasteiger charge is -2.13. The van der Waals surface area contributed by atoms with Gasteiger partial charge >= 0.3 is 5.97 Å². The lowest BCUT2D eigenvalue weighted by atomic mass is 10.2. The van der Waals surface area contributed by atoms with Gasteiger partial charge in [-0.2, -0.15) is 12.6 Å². The number of rotatable bonds is 2. The highest BCUT2D eigenvalue weighted by Gasteiger charge is 2.25. The average Bonchev–Trinajstić information content (AvgIpc) is 1.67. The third-order valence-electron chi connectivity index (χ3n) is 0.858. The summed E-state index contributed by atoms with van der Waals surface area (Å²) in [6, 6.07) is 0. The van der Waals surface area contributed by atoms with Crippen molar-refractivity contribution in [3.63, 3.8) is 0 Å². The van der Waals surface area contributed by atoms with Crippen LogP contribution in [-0.2, 0) is 4.79 Å². The fourth-order valence-corrected chi connectivity index (χ4v) is 0.0873. The van der Waals surface area contributed by atoms with E-state index in [1.165, 1.54) is 6.92 Å². The second-order valence-corrected chi connectivity index (χ2v) is 2.77. The summed E-state index contributed by atoms with van der Waals surface area (Å²) < 4.78 is -1.07. The molecular weight excluding hydrogens is 126 g/mol. The van der Waals surface area contributed by atoms with Gasteiger partial charge in [0.15, 0.2) is 0 Å². The van der Waals surface area contributed by atoms with Crippen molar-refractivity contribution >= 4 is 18.6 Å². The Hall–Kier alpha value is -0.220. The number of carboxylic acid groups (broad SMARTS) is 1. The first kappa shape index (κ1) is 7.78. The lowest BCUT2D eigenvalue weighted by molar-refractivity contribution is -0.139. The van der Waals surface area contributed by atoms with Crippen LogP contribution in [0.5, 0.6) is 0 Å². The van der Waals surface area contributed by atoms with Crippen LogP contribution in [0, 0.1) is 0 Å². The molecule has 0 aliphatic rings. The SMILES string of the molecule is C[C@](S)(CN)C(=O)O. The van der Waals surface area contributed by atoms with Crippen LogP contribution in [-0.4, -0.2) is 22.4 Å². The van der Waals surface area contributed by atoms with Crippen LogP contribution in [0.3, 0.4) is 0 Å². The summed E-state index contributed by atoms with van der Waals surface area (Å²) >= 11 is 3.76. The first-order chi connectivity index (χ1) is 3.50. The summed E-state index contributed by atoms with van der Waals surface area (Å²) in [6.07, 6.45) is 0. The van der Waals surface area contributed by atoms with Crippen molar-refractivity contribution in [1.29, 1.82) is 0 Å². The quantitative estimate of drug-likeness (QED) is 0.456. The monoisotopic (exact) mass is 135 g/mol. The Labute approximate surface area is 53.3 Å². The topological polar surface area (TPSA) is 63.3 Å². The van der Waals surface area contributed by atoms with Crippen molar-refractivity contribution in [3.05, 3.63) is 0 Å². The summed E-state index contributed by atoms with van der Waals surface area (Å²) in [7, 11) is 0. The van der Waals surface area contributed by atoms with Gasteiger partial charge in [-0.25, -0.2) is 0 Å². The Morgan fingerprint density at radius 3 is 2.38 bits per heavy atom. The third kappa shape index (κ3) is 1.71. The number of carbonyl (C=O) groups is 1. The van der Waals surface area contributed by atoms with E-state index in [1.54, 1.807) is 0 Å². The number of nitrogens with two attached hydrogens (primary N) is 1. The minimum atomic E-state index is -1.07. The molecule has 3 N–H and O–H groups in total. The Balaban J connectivity index is 3.91. The second kappa shape index (κ2) is 2.37. The van der Waals surface area contributed by atoms with E-state index in [4.69, 9.17) is 10.8 Å². The van der Waals surface area contributed by atoms with Gasteiger partial charge < -0.3 is 10.8 Å². The molecule has 0 rings (SSSR count). The number of hydrogen-bond acceptors (Lipinski definition) is 3. The van der Waals surface area contributed by atoms with Crippen molar-refractivity contribution in [3.8, 4) is 0 Å². The molecule has 0 saturated carbocycles. The van der Waals surface area contributed by atoms with E-state index < -0.39 is 10.7 Å². The standard InChI is InChI=1S/C4H9NO2S/c1-4(8,2-5)3(6)7/h8H,2,5H2,1H3,(H,6,7)/t4-/m0/s1. The zero-order valence-corrected chi connectivity index (χ0v) is 5.48. The maximum atomic E-state index is 10.1. The smallest absolute Gasteiger partial charge is 0.320 e. The molecular formula is C4H9NO2S. The molecule has 0 spiro atoms. The minimum Gasteiger partial charge on any atom is -0.480 e. The van der Waals surface area contributed by atoms with Gasteiger partial charge in [-0.3, -0.25) is 4.79 Å². The molecule has 48 valence electrons. The molecule has 0 aliphatic carbocycles. The summed E-state index contributed by atoms with van der Waals surface area (Å²) in [6.45, 7) is 1.50. The Morgan fingerprint density at radius 2 is 2.38 bits per heavy atom. The molecule has 0 unspecified atom stereocenters. The fraction of sp³-hybridized carbons (Fsp3) is 0.750. The van der Waals surface area contributed by atoms with Crippen LogP contribution < -0.4 is 5.73 Å². The normalized spacial score (nSPS) is 17.4. The predicted octanol–water partition coefficient (Wildman–Crippen LogP) is -0.282. The average molecular weight is 135 g/mol. The highest BCUT2D eigenvalue weighted by molar-refractivity contribution is 7.82. The summed E-state index contributed by atoms with van der Waals surface area (Å²) in [4.78, 5) is 10.1. The molecule has 0 radical (unpaired) electrons. The van der Waals surface area contributed by atoms with Crippen molar-refractivity contribution in [2.24, 2.45) is 5.73 Å². The number of carboxylic acids is 1. The molecule has 0 fully saturated rings. The van der Waals surface area contributed by atoms with Gasteiger partial charge in [0.2, 0.25) is 0 Å². The van der Waals surface area contributed by atoms with Crippen LogP contribution >= 0.6 is 12.6 Å². The third-order valence-corrected chi connectivity index (χ3v) is 1.23. The Bertz CT molecular complexity index is 102. The molecule has 0 saturated heterocycles. The van der Waals surface area contributed by atoms with Crippen molar-refractivity contribution in [2.75, 3.05) is 6.54 Å². The summed E-state index contributed by atoms with van der Waals surface area (Å²) in [5.41, 5.74) is 5.05. The molecule has 0 aromatic rings. The van der Waals surface area contributed by atoms with E-state index in [0.29, 0.717) is 0 Å². The molecule has 1 atom stereocenters. The van der Waals surface area contributed by atoms with E-state index in [9.17, 15) is 4.79 Å². The van der Waals surface area contributed by atoms with Gasteiger partial charge in [-0.05, 0) is 6.92 Å². The molecule has 0 heterocycles. The molecule has 8 heavy (non-hydrogen) atoms. The zero-order chi connectivity index (χ0) is 6.78. The first-order valence-electron chi connectivity index (χ1n) is 2.16. The van der Waals surface area contributed by atoms with Gasteiger partial charge in [-0.15, -0.1) is 0 Å². The van der Waals surface area contributed by atoms with Crippen molar-refractivity contribution in [1.82, 2.24) is 0 Å². The minimum absolute atomic E-state index is 0.0471. The van der Waals surface area contributed by atoms with Gasteiger partial charge in [0.1, 0.15) is 4.75 Å². The highest BCUT2D eigenvalue weighted by atomic mass is 32.1. The van der Waals surface area contributed by atoms with Crippen molar-refractivity contribution < 1.29 is 9.90 Å². The van der Waals surface area contributed by atoms with E-state index in [0.717, 1.165) is 0 Å². The second-order valence-electron chi connectivity index (χ2n) is 1.78. The highest BCUT2D eigenvalue weighted by Crippen LogP contribution is 2.09. The molecule has 0 amide bonds. The molecule has 4 heteroatoms. The van der Waals surface area contributed by atoms with Gasteiger partial charge in [-0.1, -0.05) is 0 Å². The molecule has 3 nitrogen and oxygen atoms in total.